The summed E-state index contributed by atoms with van der Waals surface area (Å²) in [7, 11) is 1.50. The lowest BCUT2D eigenvalue weighted by Gasteiger charge is -2.09. The summed E-state index contributed by atoms with van der Waals surface area (Å²) < 4.78 is 15.4. The lowest BCUT2D eigenvalue weighted by atomic mass is 10.2. The topological polar surface area (TPSA) is 81.8 Å². The fourth-order valence-electron chi connectivity index (χ4n) is 1.56. The van der Waals surface area contributed by atoms with E-state index in [-0.39, 0.29) is 17.9 Å². The van der Waals surface area contributed by atoms with Crippen LogP contribution >= 0.6 is 0 Å². The van der Waals surface area contributed by atoms with E-state index in [1.807, 2.05) is 0 Å². The van der Waals surface area contributed by atoms with E-state index in [1.165, 1.54) is 19.2 Å². The smallest absolute Gasteiger partial charge is 0.339 e. The minimum atomic E-state index is -1.06. The van der Waals surface area contributed by atoms with Gasteiger partial charge in [0, 0.05) is 12.1 Å². The van der Waals surface area contributed by atoms with E-state index in [1.54, 1.807) is 19.1 Å². The van der Waals surface area contributed by atoms with Crippen LogP contribution in [-0.4, -0.2) is 23.3 Å². The van der Waals surface area contributed by atoms with Crippen LogP contribution in [-0.2, 0) is 6.61 Å². The maximum atomic E-state index is 11.1. The first-order valence-corrected chi connectivity index (χ1v) is 5.56. The van der Waals surface area contributed by atoms with Gasteiger partial charge in [-0.15, -0.1) is 0 Å². The van der Waals surface area contributed by atoms with Gasteiger partial charge in [-0.1, -0.05) is 5.16 Å². The molecule has 0 unspecified atom stereocenters. The average molecular weight is 263 g/mol. The SMILES string of the molecule is COc1ccc(C(=O)O)c(OCc2cc(C)on2)c1. The molecule has 0 fully saturated rings. The molecule has 0 bridgehead atoms. The summed E-state index contributed by atoms with van der Waals surface area (Å²) in [5.74, 6) is 0.362. The van der Waals surface area contributed by atoms with Gasteiger partial charge in [0.2, 0.25) is 0 Å². The van der Waals surface area contributed by atoms with E-state index >= 15 is 0 Å². The number of aryl methyl sites for hydroxylation is 1. The predicted octanol–water partition coefficient (Wildman–Crippen LogP) is 2.27. The number of benzene rings is 1. The fourth-order valence-corrected chi connectivity index (χ4v) is 1.56. The lowest BCUT2D eigenvalue weighted by Crippen LogP contribution is -2.04. The molecule has 0 atom stereocenters. The Morgan fingerprint density at radius 1 is 1.42 bits per heavy atom. The first-order valence-electron chi connectivity index (χ1n) is 5.56. The van der Waals surface area contributed by atoms with E-state index in [9.17, 15) is 4.79 Å². The zero-order valence-corrected chi connectivity index (χ0v) is 10.5. The molecule has 19 heavy (non-hydrogen) atoms. The van der Waals surface area contributed by atoms with Crippen LogP contribution in [0.4, 0.5) is 0 Å². The molecule has 0 saturated heterocycles. The molecule has 0 aliphatic carbocycles. The molecule has 0 saturated carbocycles. The van der Waals surface area contributed by atoms with Crippen molar-refractivity contribution in [1.29, 1.82) is 0 Å². The van der Waals surface area contributed by atoms with Gasteiger partial charge in [0.25, 0.3) is 0 Å². The Morgan fingerprint density at radius 2 is 2.21 bits per heavy atom. The maximum absolute atomic E-state index is 11.1. The quantitative estimate of drug-likeness (QED) is 0.891. The van der Waals surface area contributed by atoms with E-state index < -0.39 is 5.97 Å². The van der Waals surface area contributed by atoms with Gasteiger partial charge < -0.3 is 19.1 Å². The van der Waals surface area contributed by atoms with Crippen LogP contribution in [0, 0.1) is 6.92 Å². The third-order valence-electron chi connectivity index (χ3n) is 2.47. The number of aromatic carboxylic acids is 1. The summed E-state index contributed by atoms with van der Waals surface area (Å²) >= 11 is 0. The molecule has 2 aromatic rings. The average Bonchev–Trinajstić information content (AvgIpc) is 2.81. The Bertz CT molecular complexity index is 590. The third-order valence-corrected chi connectivity index (χ3v) is 2.47. The van der Waals surface area contributed by atoms with Gasteiger partial charge >= 0.3 is 5.97 Å². The van der Waals surface area contributed by atoms with Crippen LogP contribution in [0.3, 0.4) is 0 Å². The number of carboxylic acids is 1. The monoisotopic (exact) mass is 263 g/mol. The Balaban J connectivity index is 2.19. The molecule has 2 rings (SSSR count). The van der Waals surface area contributed by atoms with Crippen molar-refractivity contribution in [3.8, 4) is 11.5 Å². The normalized spacial score (nSPS) is 10.2. The van der Waals surface area contributed by atoms with Gasteiger partial charge in [-0.05, 0) is 19.1 Å². The number of ether oxygens (including phenoxy) is 2. The molecule has 6 heteroatoms. The first-order chi connectivity index (χ1) is 9.10. The predicted molar refractivity (Wildman–Crippen MR) is 65.5 cm³/mol. The highest BCUT2D eigenvalue weighted by Gasteiger charge is 2.13. The van der Waals surface area contributed by atoms with E-state index in [4.69, 9.17) is 19.1 Å². The number of carboxylic acid groups (broad SMARTS) is 1. The van der Waals surface area contributed by atoms with E-state index in [0.717, 1.165) is 0 Å². The Hall–Kier alpha value is -2.50. The molecule has 0 radical (unpaired) electrons. The zero-order valence-electron chi connectivity index (χ0n) is 10.5. The molecule has 1 heterocycles. The Morgan fingerprint density at radius 3 is 2.79 bits per heavy atom. The van der Waals surface area contributed by atoms with Crippen LogP contribution in [0.25, 0.3) is 0 Å². The molecule has 1 aromatic carbocycles. The molecule has 0 amide bonds. The van der Waals surface area contributed by atoms with Crippen molar-refractivity contribution in [2.75, 3.05) is 7.11 Å². The number of nitrogens with zero attached hydrogens (tertiary/aromatic N) is 1. The van der Waals surface area contributed by atoms with Gasteiger partial charge in [-0.25, -0.2) is 4.79 Å². The summed E-state index contributed by atoms with van der Waals surface area (Å²) in [5, 5.41) is 12.8. The van der Waals surface area contributed by atoms with Crippen molar-refractivity contribution in [2.24, 2.45) is 0 Å². The highest BCUT2D eigenvalue weighted by atomic mass is 16.5. The Kier molecular flexibility index (Phi) is 3.70. The van der Waals surface area contributed by atoms with Crippen LogP contribution in [0.15, 0.2) is 28.8 Å². The molecule has 6 nitrogen and oxygen atoms in total. The number of hydrogen-bond donors (Lipinski definition) is 1. The minimum absolute atomic E-state index is 0.0704. The molecule has 0 spiro atoms. The molecule has 0 aliphatic rings. The maximum Gasteiger partial charge on any atom is 0.339 e. The summed E-state index contributed by atoms with van der Waals surface area (Å²) in [6.07, 6.45) is 0. The highest BCUT2D eigenvalue weighted by molar-refractivity contribution is 5.91. The second-order valence-electron chi connectivity index (χ2n) is 3.88. The lowest BCUT2D eigenvalue weighted by molar-refractivity contribution is 0.0691. The van der Waals surface area contributed by atoms with Crippen LogP contribution < -0.4 is 9.47 Å². The summed E-state index contributed by atoms with van der Waals surface area (Å²) in [4.78, 5) is 11.1. The number of methoxy groups -OCH3 is 1. The van der Waals surface area contributed by atoms with Gasteiger partial charge in [-0.3, -0.25) is 0 Å². The van der Waals surface area contributed by atoms with Crippen molar-refractivity contribution < 1.29 is 23.9 Å². The zero-order chi connectivity index (χ0) is 13.8. The van der Waals surface area contributed by atoms with E-state index in [2.05, 4.69) is 5.16 Å². The first kappa shape index (κ1) is 12.9. The van der Waals surface area contributed by atoms with Crippen molar-refractivity contribution in [3.05, 3.63) is 41.3 Å². The minimum Gasteiger partial charge on any atom is -0.497 e. The van der Waals surface area contributed by atoms with Crippen molar-refractivity contribution >= 4 is 5.97 Å². The number of aromatic nitrogens is 1. The summed E-state index contributed by atoms with van der Waals surface area (Å²) in [6.45, 7) is 1.90. The second-order valence-corrected chi connectivity index (χ2v) is 3.88. The van der Waals surface area contributed by atoms with Gasteiger partial charge in [0.05, 0.1) is 7.11 Å². The van der Waals surface area contributed by atoms with Crippen molar-refractivity contribution in [3.63, 3.8) is 0 Å². The highest BCUT2D eigenvalue weighted by Crippen LogP contribution is 2.25. The number of rotatable bonds is 5. The van der Waals surface area contributed by atoms with Gasteiger partial charge in [0.1, 0.15) is 35.1 Å². The molecule has 1 aromatic heterocycles. The molecular formula is C13H13NO5. The molecule has 1 N–H and O–H groups in total. The van der Waals surface area contributed by atoms with Gasteiger partial charge in [0.15, 0.2) is 0 Å². The summed E-state index contributed by atoms with van der Waals surface area (Å²) in [6, 6.07) is 6.25. The molecule has 100 valence electrons. The molecular weight excluding hydrogens is 250 g/mol. The number of hydrogen-bond acceptors (Lipinski definition) is 5. The van der Waals surface area contributed by atoms with Crippen molar-refractivity contribution in [1.82, 2.24) is 5.16 Å². The second kappa shape index (κ2) is 5.43. The van der Waals surface area contributed by atoms with Crippen LogP contribution in [0.2, 0.25) is 0 Å². The van der Waals surface area contributed by atoms with Crippen LogP contribution in [0.1, 0.15) is 21.8 Å². The van der Waals surface area contributed by atoms with Crippen molar-refractivity contribution in [2.45, 2.75) is 13.5 Å². The van der Waals surface area contributed by atoms with Crippen LogP contribution in [0.5, 0.6) is 11.5 Å². The standard InChI is InChI=1S/C13H13NO5/c1-8-5-9(14-19-8)7-18-12-6-10(17-2)3-4-11(12)13(15)16/h3-6H,7H2,1-2H3,(H,15,16). The fraction of sp³-hybridized carbons (Fsp3) is 0.231. The largest absolute Gasteiger partial charge is 0.497 e. The third kappa shape index (κ3) is 3.04. The van der Waals surface area contributed by atoms with E-state index in [0.29, 0.717) is 17.2 Å². The number of carbonyl (C=O) groups is 1. The Labute approximate surface area is 109 Å². The molecule has 0 aliphatic heterocycles. The summed E-state index contributed by atoms with van der Waals surface area (Å²) in [5.41, 5.74) is 0.665. The van der Waals surface area contributed by atoms with Gasteiger partial charge in [-0.2, -0.15) is 0 Å².